The second kappa shape index (κ2) is 8.42. The summed E-state index contributed by atoms with van der Waals surface area (Å²) >= 11 is 0. The van der Waals surface area contributed by atoms with Crippen LogP contribution in [0.3, 0.4) is 0 Å². The van der Waals surface area contributed by atoms with Crippen LogP contribution in [0.15, 0.2) is 48.5 Å². The lowest BCUT2D eigenvalue weighted by atomic mass is 9.87. The maximum atomic E-state index is 11.9. The Bertz CT molecular complexity index is 691. The van der Waals surface area contributed by atoms with Crippen LogP contribution in [0, 0.1) is 0 Å². The summed E-state index contributed by atoms with van der Waals surface area (Å²) in [5.41, 5.74) is 2.08. The summed E-state index contributed by atoms with van der Waals surface area (Å²) in [5.74, 6) is 1.33. The van der Waals surface area contributed by atoms with Crippen LogP contribution < -0.4 is 20.1 Å². The number of methoxy groups -OCH3 is 1. The van der Waals surface area contributed by atoms with Crippen LogP contribution in [0.4, 0.5) is 10.5 Å². The summed E-state index contributed by atoms with van der Waals surface area (Å²) in [6.45, 7) is 7.22. The van der Waals surface area contributed by atoms with Crippen molar-refractivity contribution in [1.82, 2.24) is 5.32 Å². The molecule has 134 valence electrons. The Balaban J connectivity index is 1.75. The van der Waals surface area contributed by atoms with Gasteiger partial charge in [0.25, 0.3) is 0 Å². The Morgan fingerprint density at radius 1 is 1.00 bits per heavy atom. The predicted octanol–water partition coefficient (Wildman–Crippen LogP) is 4.19. The van der Waals surface area contributed by atoms with Crippen molar-refractivity contribution in [2.45, 2.75) is 26.2 Å². The van der Waals surface area contributed by atoms with E-state index >= 15 is 0 Å². The van der Waals surface area contributed by atoms with Gasteiger partial charge in [0.1, 0.15) is 6.61 Å². The Hall–Kier alpha value is -2.69. The minimum Gasteiger partial charge on any atom is -0.493 e. The molecule has 5 nitrogen and oxygen atoms in total. The highest BCUT2D eigenvalue weighted by Gasteiger charge is 2.13. The number of carbonyl (C=O) groups excluding carboxylic acids is 1. The lowest BCUT2D eigenvalue weighted by Crippen LogP contribution is -2.32. The molecular formula is C20H26N2O3. The van der Waals surface area contributed by atoms with Gasteiger partial charge in [-0.15, -0.1) is 0 Å². The number of hydrogen-bond donors (Lipinski definition) is 2. The van der Waals surface area contributed by atoms with Crippen molar-refractivity contribution >= 4 is 11.7 Å². The molecule has 0 aliphatic carbocycles. The van der Waals surface area contributed by atoms with Crippen LogP contribution in [0.2, 0.25) is 0 Å². The molecule has 0 saturated carbocycles. The molecule has 0 spiro atoms. The number of urea groups is 1. The van der Waals surface area contributed by atoms with Gasteiger partial charge >= 0.3 is 6.03 Å². The third-order valence-corrected chi connectivity index (χ3v) is 3.72. The van der Waals surface area contributed by atoms with E-state index in [0.717, 1.165) is 5.69 Å². The molecule has 5 heteroatoms. The molecule has 0 unspecified atom stereocenters. The average molecular weight is 342 g/mol. The van der Waals surface area contributed by atoms with Gasteiger partial charge in [0.2, 0.25) is 0 Å². The van der Waals surface area contributed by atoms with Gasteiger partial charge in [-0.05, 0) is 35.2 Å². The lowest BCUT2D eigenvalue weighted by Gasteiger charge is -2.19. The Kier molecular flexibility index (Phi) is 6.28. The zero-order chi connectivity index (χ0) is 18.3. The summed E-state index contributed by atoms with van der Waals surface area (Å²) in [5, 5.41) is 5.58. The number of ether oxygens (including phenoxy) is 2. The number of amides is 2. The van der Waals surface area contributed by atoms with Crippen LogP contribution in [0.25, 0.3) is 0 Å². The maximum absolute atomic E-state index is 11.9. The Labute approximate surface area is 149 Å². The number of para-hydroxylation sites is 2. The van der Waals surface area contributed by atoms with E-state index in [1.807, 2.05) is 48.5 Å². The first-order chi connectivity index (χ1) is 11.9. The Morgan fingerprint density at radius 2 is 1.64 bits per heavy atom. The fourth-order valence-corrected chi connectivity index (χ4v) is 2.29. The summed E-state index contributed by atoms with van der Waals surface area (Å²) in [6.07, 6.45) is 0. The lowest BCUT2D eigenvalue weighted by molar-refractivity contribution is 0.246. The highest BCUT2D eigenvalue weighted by molar-refractivity contribution is 5.89. The quantitative estimate of drug-likeness (QED) is 0.774. The molecule has 0 atom stereocenters. The molecule has 25 heavy (non-hydrogen) atoms. The fourth-order valence-electron chi connectivity index (χ4n) is 2.29. The van der Waals surface area contributed by atoms with Crippen molar-refractivity contribution in [3.05, 3.63) is 54.1 Å². The van der Waals surface area contributed by atoms with E-state index in [1.54, 1.807) is 7.11 Å². The minimum absolute atomic E-state index is 0.0939. The monoisotopic (exact) mass is 342 g/mol. The second-order valence-electron chi connectivity index (χ2n) is 6.71. The molecule has 2 amide bonds. The van der Waals surface area contributed by atoms with Gasteiger partial charge in [-0.3, -0.25) is 0 Å². The predicted molar refractivity (Wildman–Crippen MR) is 101 cm³/mol. The van der Waals surface area contributed by atoms with E-state index in [9.17, 15) is 4.79 Å². The largest absolute Gasteiger partial charge is 0.493 e. The molecule has 0 saturated heterocycles. The molecule has 0 fully saturated rings. The molecule has 2 rings (SSSR count). The van der Waals surface area contributed by atoms with Gasteiger partial charge < -0.3 is 20.1 Å². The highest BCUT2D eigenvalue weighted by Crippen LogP contribution is 2.25. The zero-order valence-electron chi connectivity index (χ0n) is 15.3. The van der Waals surface area contributed by atoms with Crippen molar-refractivity contribution in [3.8, 4) is 11.5 Å². The number of hydrogen-bond acceptors (Lipinski definition) is 3. The van der Waals surface area contributed by atoms with Crippen molar-refractivity contribution in [1.29, 1.82) is 0 Å². The van der Waals surface area contributed by atoms with Crippen LogP contribution >= 0.6 is 0 Å². The van der Waals surface area contributed by atoms with Gasteiger partial charge in [0.15, 0.2) is 11.5 Å². The average Bonchev–Trinajstić information content (AvgIpc) is 2.58. The molecule has 0 aliphatic rings. The number of benzene rings is 2. The molecule has 0 aromatic heterocycles. The van der Waals surface area contributed by atoms with E-state index in [0.29, 0.717) is 24.7 Å². The molecule has 0 bridgehead atoms. The summed E-state index contributed by atoms with van der Waals surface area (Å²) < 4.78 is 10.8. The normalized spacial score (nSPS) is 10.9. The third-order valence-electron chi connectivity index (χ3n) is 3.72. The van der Waals surface area contributed by atoms with Crippen LogP contribution in [0.5, 0.6) is 11.5 Å². The standard InChI is InChI=1S/C20H26N2O3/c1-20(2,3)15-9-11-16(12-10-15)22-19(23)21-13-14-25-18-8-6-5-7-17(18)24-4/h5-12H,13-14H2,1-4H3,(H2,21,22,23). The number of rotatable bonds is 6. The van der Waals surface area contributed by atoms with Crippen molar-refractivity contribution in [3.63, 3.8) is 0 Å². The summed E-state index contributed by atoms with van der Waals surface area (Å²) in [7, 11) is 1.60. The van der Waals surface area contributed by atoms with Crippen LogP contribution in [-0.4, -0.2) is 26.3 Å². The van der Waals surface area contributed by atoms with E-state index in [1.165, 1.54) is 5.56 Å². The summed E-state index contributed by atoms with van der Waals surface area (Å²) in [4.78, 5) is 11.9. The first-order valence-corrected chi connectivity index (χ1v) is 8.31. The van der Waals surface area contributed by atoms with E-state index in [-0.39, 0.29) is 11.4 Å². The topological polar surface area (TPSA) is 59.6 Å². The third kappa shape index (κ3) is 5.71. The molecule has 0 heterocycles. The van der Waals surface area contributed by atoms with E-state index < -0.39 is 0 Å². The first-order valence-electron chi connectivity index (χ1n) is 8.31. The number of nitrogens with one attached hydrogen (secondary N) is 2. The number of carbonyl (C=O) groups is 1. The molecule has 0 radical (unpaired) electrons. The van der Waals surface area contributed by atoms with Gasteiger partial charge in [-0.25, -0.2) is 4.79 Å². The van der Waals surface area contributed by atoms with Crippen LogP contribution in [0.1, 0.15) is 26.3 Å². The van der Waals surface area contributed by atoms with Gasteiger partial charge in [0, 0.05) is 5.69 Å². The first kappa shape index (κ1) is 18.6. The summed E-state index contributed by atoms with van der Waals surface area (Å²) in [6, 6.07) is 15.0. The second-order valence-corrected chi connectivity index (χ2v) is 6.71. The van der Waals surface area contributed by atoms with Gasteiger partial charge in [-0.1, -0.05) is 45.0 Å². The molecule has 2 N–H and O–H groups in total. The molecule has 2 aromatic rings. The van der Waals surface area contributed by atoms with Gasteiger partial charge in [-0.2, -0.15) is 0 Å². The highest BCUT2D eigenvalue weighted by atomic mass is 16.5. The molecule has 0 aliphatic heterocycles. The molecular weight excluding hydrogens is 316 g/mol. The van der Waals surface area contributed by atoms with E-state index in [4.69, 9.17) is 9.47 Å². The minimum atomic E-state index is -0.257. The fraction of sp³-hybridized carbons (Fsp3) is 0.350. The SMILES string of the molecule is COc1ccccc1OCCNC(=O)Nc1ccc(C(C)(C)C)cc1. The smallest absolute Gasteiger partial charge is 0.319 e. The van der Waals surface area contributed by atoms with Crippen molar-refractivity contribution in [2.24, 2.45) is 0 Å². The van der Waals surface area contributed by atoms with Crippen molar-refractivity contribution < 1.29 is 14.3 Å². The van der Waals surface area contributed by atoms with E-state index in [2.05, 4.69) is 31.4 Å². The number of anilines is 1. The zero-order valence-corrected chi connectivity index (χ0v) is 15.3. The van der Waals surface area contributed by atoms with Crippen molar-refractivity contribution in [2.75, 3.05) is 25.6 Å². The maximum Gasteiger partial charge on any atom is 0.319 e. The van der Waals surface area contributed by atoms with Gasteiger partial charge in [0.05, 0.1) is 13.7 Å². The Morgan fingerprint density at radius 3 is 2.24 bits per heavy atom. The molecule has 2 aromatic carbocycles. The van der Waals surface area contributed by atoms with Crippen LogP contribution in [-0.2, 0) is 5.41 Å².